The Hall–Kier alpha value is -2.26. The summed E-state index contributed by atoms with van der Waals surface area (Å²) >= 11 is 0. The first kappa shape index (κ1) is 22.0. The highest BCUT2D eigenvalue weighted by Gasteiger charge is 2.46. The van der Waals surface area contributed by atoms with Gasteiger partial charge in [0.25, 0.3) is 0 Å². The molecule has 1 fully saturated rings. The summed E-state index contributed by atoms with van der Waals surface area (Å²) in [6.07, 6.45) is -2.50. The number of nitrogens with one attached hydrogen (secondary N) is 1. The van der Waals surface area contributed by atoms with Crippen molar-refractivity contribution < 1.29 is 22.6 Å². The number of likely N-dealkylation sites (tertiary alicyclic amines) is 1. The lowest BCUT2D eigenvalue weighted by Crippen LogP contribution is -2.37. The third-order valence-corrected chi connectivity index (χ3v) is 6.13. The van der Waals surface area contributed by atoms with E-state index in [1.807, 2.05) is 12.1 Å². The zero-order valence-electron chi connectivity index (χ0n) is 18.1. The first-order valence-corrected chi connectivity index (χ1v) is 10.6. The van der Waals surface area contributed by atoms with Gasteiger partial charge in [-0.3, -0.25) is 4.90 Å². The Balaban J connectivity index is 1.60. The van der Waals surface area contributed by atoms with E-state index < -0.39 is 12.2 Å². The predicted molar refractivity (Wildman–Crippen MR) is 111 cm³/mol. The average molecular weight is 438 g/mol. The standard InChI is InChI=1S/C22H29F3N4O2/c1-14-9-20(22(23,24)25)29-21(26-14)11-17(27-29)18-5-4-8-28(18)12-16-10-15(13-30-2)6-7-19(16)31-3/h6-7,10-11,14,18,20,26H,4-5,8-9,12-13H2,1-3H3/t14-,18?,20-/m1/s1. The van der Waals surface area contributed by atoms with Crippen LogP contribution in [0.3, 0.4) is 0 Å². The van der Waals surface area contributed by atoms with Crippen molar-refractivity contribution in [3.05, 3.63) is 41.1 Å². The van der Waals surface area contributed by atoms with Crippen LogP contribution in [0.2, 0.25) is 0 Å². The largest absolute Gasteiger partial charge is 0.496 e. The Morgan fingerprint density at radius 3 is 2.74 bits per heavy atom. The number of benzene rings is 1. The van der Waals surface area contributed by atoms with E-state index in [-0.39, 0.29) is 18.5 Å². The summed E-state index contributed by atoms with van der Waals surface area (Å²) in [4.78, 5) is 2.27. The highest BCUT2D eigenvalue weighted by molar-refractivity contribution is 5.42. The fraction of sp³-hybridized carbons (Fsp3) is 0.591. The molecule has 1 aromatic heterocycles. The van der Waals surface area contributed by atoms with E-state index in [0.717, 1.165) is 40.9 Å². The second-order valence-electron chi connectivity index (χ2n) is 8.45. The fourth-order valence-electron chi connectivity index (χ4n) is 4.72. The molecule has 0 spiro atoms. The number of fused-ring (bicyclic) bond motifs is 1. The number of aromatic nitrogens is 2. The van der Waals surface area contributed by atoms with Crippen LogP contribution in [0.15, 0.2) is 24.3 Å². The molecule has 2 aromatic rings. The van der Waals surface area contributed by atoms with Gasteiger partial charge in [-0.05, 0) is 50.4 Å². The molecule has 0 saturated carbocycles. The maximum atomic E-state index is 13.6. The molecule has 1 aromatic carbocycles. The summed E-state index contributed by atoms with van der Waals surface area (Å²) in [6, 6.07) is 5.89. The second-order valence-corrected chi connectivity index (χ2v) is 8.45. The van der Waals surface area contributed by atoms with Gasteiger partial charge in [-0.2, -0.15) is 18.3 Å². The van der Waals surface area contributed by atoms with E-state index in [4.69, 9.17) is 9.47 Å². The van der Waals surface area contributed by atoms with Gasteiger partial charge in [-0.15, -0.1) is 0 Å². The Bertz CT molecular complexity index is 915. The molecule has 9 heteroatoms. The quantitative estimate of drug-likeness (QED) is 0.710. The van der Waals surface area contributed by atoms with E-state index in [0.29, 0.717) is 24.7 Å². The van der Waals surface area contributed by atoms with Crippen molar-refractivity contribution in [1.29, 1.82) is 0 Å². The van der Waals surface area contributed by atoms with E-state index in [9.17, 15) is 13.2 Å². The van der Waals surface area contributed by atoms with E-state index >= 15 is 0 Å². The number of alkyl halides is 3. The minimum absolute atomic E-state index is 0.0184. The van der Waals surface area contributed by atoms with Crippen molar-refractivity contribution in [1.82, 2.24) is 14.7 Å². The topological polar surface area (TPSA) is 51.6 Å². The molecular weight excluding hydrogens is 409 g/mol. The highest BCUT2D eigenvalue weighted by Crippen LogP contribution is 2.42. The summed E-state index contributed by atoms with van der Waals surface area (Å²) < 4.78 is 52.7. The molecule has 170 valence electrons. The van der Waals surface area contributed by atoms with Gasteiger partial charge >= 0.3 is 6.18 Å². The zero-order valence-corrected chi connectivity index (χ0v) is 18.1. The van der Waals surface area contributed by atoms with Crippen LogP contribution in [0.1, 0.15) is 55.1 Å². The summed E-state index contributed by atoms with van der Waals surface area (Å²) in [5.74, 6) is 1.24. The van der Waals surface area contributed by atoms with Crippen molar-refractivity contribution >= 4 is 5.82 Å². The number of ether oxygens (including phenoxy) is 2. The van der Waals surface area contributed by atoms with E-state index in [1.54, 1.807) is 27.2 Å². The van der Waals surface area contributed by atoms with Gasteiger partial charge in [0, 0.05) is 31.3 Å². The molecule has 1 saturated heterocycles. The lowest BCUT2D eigenvalue weighted by atomic mass is 10.1. The maximum absolute atomic E-state index is 13.6. The number of hydrogen-bond acceptors (Lipinski definition) is 5. The van der Waals surface area contributed by atoms with Crippen molar-refractivity contribution in [2.45, 2.75) is 63.6 Å². The number of anilines is 1. The van der Waals surface area contributed by atoms with Gasteiger partial charge in [-0.1, -0.05) is 6.07 Å². The molecule has 3 atom stereocenters. The van der Waals surface area contributed by atoms with Crippen molar-refractivity contribution in [2.24, 2.45) is 0 Å². The van der Waals surface area contributed by atoms with Gasteiger partial charge in [0.1, 0.15) is 11.6 Å². The zero-order chi connectivity index (χ0) is 22.2. The van der Waals surface area contributed by atoms with Crippen LogP contribution < -0.4 is 10.1 Å². The second kappa shape index (κ2) is 8.70. The van der Waals surface area contributed by atoms with Crippen LogP contribution in [0, 0.1) is 0 Å². The molecule has 0 bridgehead atoms. The first-order valence-electron chi connectivity index (χ1n) is 10.6. The van der Waals surface area contributed by atoms with Crippen LogP contribution in [-0.2, 0) is 17.9 Å². The number of rotatable bonds is 6. The van der Waals surface area contributed by atoms with E-state index in [2.05, 4.69) is 21.4 Å². The van der Waals surface area contributed by atoms with Crippen LogP contribution in [-0.4, -0.2) is 47.7 Å². The lowest BCUT2D eigenvalue weighted by Gasteiger charge is -2.31. The summed E-state index contributed by atoms with van der Waals surface area (Å²) in [6.45, 7) is 3.78. The molecule has 0 radical (unpaired) electrons. The third-order valence-electron chi connectivity index (χ3n) is 6.13. The monoisotopic (exact) mass is 438 g/mol. The molecule has 6 nitrogen and oxygen atoms in total. The minimum Gasteiger partial charge on any atom is -0.496 e. The van der Waals surface area contributed by atoms with Gasteiger partial charge in [-0.25, -0.2) is 4.68 Å². The Morgan fingerprint density at radius 1 is 1.23 bits per heavy atom. The van der Waals surface area contributed by atoms with Crippen LogP contribution in [0.5, 0.6) is 5.75 Å². The Morgan fingerprint density at radius 2 is 2.03 bits per heavy atom. The van der Waals surface area contributed by atoms with Crippen molar-refractivity contribution in [3.8, 4) is 5.75 Å². The molecule has 3 heterocycles. The Kier molecular flexibility index (Phi) is 6.16. The highest BCUT2D eigenvalue weighted by atomic mass is 19.4. The molecule has 4 rings (SSSR count). The summed E-state index contributed by atoms with van der Waals surface area (Å²) in [5.41, 5.74) is 2.78. The minimum atomic E-state index is -4.32. The molecule has 0 amide bonds. The smallest absolute Gasteiger partial charge is 0.410 e. The number of hydrogen-bond donors (Lipinski definition) is 1. The maximum Gasteiger partial charge on any atom is 0.410 e. The number of nitrogens with zero attached hydrogens (tertiary/aromatic N) is 3. The fourth-order valence-corrected chi connectivity index (χ4v) is 4.72. The lowest BCUT2D eigenvalue weighted by molar-refractivity contribution is -0.173. The molecule has 0 aliphatic carbocycles. The van der Waals surface area contributed by atoms with Crippen molar-refractivity contribution in [2.75, 3.05) is 26.1 Å². The Labute approximate surface area is 180 Å². The predicted octanol–water partition coefficient (Wildman–Crippen LogP) is 4.68. The summed E-state index contributed by atoms with van der Waals surface area (Å²) in [7, 11) is 3.30. The van der Waals surface area contributed by atoms with Crippen LogP contribution in [0.4, 0.5) is 19.0 Å². The average Bonchev–Trinajstić information content (AvgIpc) is 3.33. The molecule has 2 aliphatic heterocycles. The van der Waals surface area contributed by atoms with Crippen molar-refractivity contribution in [3.63, 3.8) is 0 Å². The molecule has 1 N–H and O–H groups in total. The molecule has 31 heavy (non-hydrogen) atoms. The summed E-state index contributed by atoms with van der Waals surface area (Å²) in [5, 5.41) is 7.60. The SMILES string of the molecule is COCc1ccc(OC)c(CN2CCCC2c2cc3n(n2)[C@@H](C(F)(F)F)C[C@@H](C)N3)c1. The van der Waals surface area contributed by atoms with Gasteiger partial charge in [0.05, 0.1) is 25.5 Å². The molecule has 1 unspecified atom stereocenters. The van der Waals surface area contributed by atoms with Gasteiger partial charge in [0.15, 0.2) is 6.04 Å². The number of halogens is 3. The van der Waals surface area contributed by atoms with E-state index in [1.165, 1.54) is 0 Å². The number of methoxy groups -OCH3 is 2. The first-order chi connectivity index (χ1) is 14.8. The molecular formula is C22H29F3N4O2. The van der Waals surface area contributed by atoms with Gasteiger partial charge < -0.3 is 14.8 Å². The normalized spacial score (nSPS) is 24.1. The third kappa shape index (κ3) is 4.52. The van der Waals surface area contributed by atoms with Crippen LogP contribution in [0.25, 0.3) is 0 Å². The molecule has 2 aliphatic rings. The van der Waals surface area contributed by atoms with Gasteiger partial charge in [0.2, 0.25) is 0 Å². The van der Waals surface area contributed by atoms with Crippen LogP contribution >= 0.6 is 0 Å².